The Morgan fingerprint density at radius 1 is 1.26 bits per heavy atom. The maximum absolute atomic E-state index is 6.73. The van der Waals surface area contributed by atoms with Crippen LogP contribution in [0.25, 0.3) is 0 Å². The van der Waals surface area contributed by atoms with Gasteiger partial charge in [0.1, 0.15) is 0 Å². The van der Waals surface area contributed by atoms with E-state index in [1.165, 1.54) is 51.6 Å². The molecule has 1 aromatic heterocycles. The molecule has 3 heterocycles. The van der Waals surface area contributed by atoms with Gasteiger partial charge in [-0.15, -0.1) is 11.3 Å². The predicted octanol–water partition coefficient (Wildman–Crippen LogP) is 3.73. The molecule has 3 aliphatic rings. The second-order valence-corrected chi connectivity index (χ2v) is 7.49. The lowest BCUT2D eigenvalue weighted by Gasteiger charge is -2.49. The van der Waals surface area contributed by atoms with Gasteiger partial charge < -0.3 is 9.64 Å². The van der Waals surface area contributed by atoms with Crippen LogP contribution in [0.4, 0.5) is 0 Å². The van der Waals surface area contributed by atoms with E-state index in [4.69, 9.17) is 4.74 Å². The first-order valence-corrected chi connectivity index (χ1v) is 8.61. The molecule has 2 nitrogen and oxygen atoms in total. The monoisotopic (exact) mass is 277 g/mol. The van der Waals surface area contributed by atoms with E-state index >= 15 is 0 Å². The van der Waals surface area contributed by atoms with Gasteiger partial charge in [-0.25, -0.2) is 0 Å². The Morgan fingerprint density at radius 3 is 2.89 bits per heavy atom. The van der Waals surface area contributed by atoms with Gasteiger partial charge in [0.2, 0.25) is 0 Å². The fraction of sp³-hybridized carbons (Fsp3) is 0.750. The van der Waals surface area contributed by atoms with Gasteiger partial charge in [0.15, 0.2) is 0 Å². The van der Waals surface area contributed by atoms with Gasteiger partial charge >= 0.3 is 0 Å². The van der Waals surface area contributed by atoms with Gasteiger partial charge in [-0.3, -0.25) is 0 Å². The molecule has 0 aromatic carbocycles. The average molecular weight is 277 g/mol. The molecule has 3 heteroatoms. The Morgan fingerprint density at radius 2 is 2.05 bits per heavy atom. The lowest BCUT2D eigenvalue weighted by Crippen LogP contribution is -2.49. The van der Waals surface area contributed by atoms with Crippen molar-refractivity contribution in [3.05, 3.63) is 21.9 Å². The van der Waals surface area contributed by atoms with E-state index in [0.29, 0.717) is 12.0 Å². The maximum atomic E-state index is 6.73. The summed E-state index contributed by atoms with van der Waals surface area (Å²) in [6.07, 6.45) is 8.22. The third kappa shape index (κ3) is 1.90. The fourth-order valence-corrected chi connectivity index (χ4v) is 5.42. The van der Waals surface area contributed by atoms with Crippen LogP contribution in [-0.2, 0) is 10.3 Å². The topological polar surface area (TPSA) is 12.5 Å². The first-order chi connectivity index (χ1) is 9.28. The highest BCUT2D eigenvalue weighted by Gasteiger charge is 2.47. The molecule has 0 amide bonds. The molecule has 0 radical (unpaired) electrons. The Balaban J connectivity index is 1.73. The van der Waals surface area contributed by atoms with Crippen molar-refractivity contribution in [3.8, 4) is 0 Å². The number of rotatable bonds is 0. The molecule has 2 aliphatic heterocycles. The standard InChI is InChI=1S/C16H23NOS/c1-17-9-7-16(8-10-17)13-6-11-19-15(13)12-4-2-3-5-14(12)18-16/h6,11-12,14H,2-5,7-10H2,1H3. The van der Waals surface area contributed by atoms with Crippen molar-refractivity contribution < 1.29 is 4.74 Å². The summed E-state index contributed by atoms with van der Waals surface area (Å²) < 4.78 is 6.73. The number of thiophene rings is 1. The van der Waals surface area contributed by atoms with Gasteiger partial charge in [-0.2, -0.15) is 0 Å². The van der Waals surface area contributed by atoms with Crippen LogP contribution in [0.2, 0.25) is 0 Å². The highest BCUT2D eigenvalue weighted by atomic mass is 32.1. The molecule has 1 saturated heterocycles. The third-order valence-corrected chi connectivity index (χ3v) is 6.45. The summed E-state index contributed by atoms with van der Waals surface area (Å²) in [4.78, 5) is 4.11. The number of fused-ring (bicyclic) bond motifs is 4. The van der Waals surface area contributed by atoms with Crippen LogP contribution in [0.3, 0.4) is 0 Å². The van der Waals surface area contributed by atoms with Crippen molar-refractivity contribution in [1.29, 1.82) is 0 Å². The molecule has 2 fully saturated rings. The van der Waals surface area contributed by atoms with Crippen LogP contribution in [0.5, 0.6) is 0 Å². The number of ether oxygens (including phenoxy) is 1. The zero-order chi connectivity index (χ0) is 12.9. The molecule has 104 valence electrons. The number of hydrogen-bond acceptors (Lipinski definition) is 3. The summed E-state index contributed by atoms with van der Waals surface area (Å²) >= 11 is 1.99. The van der Waals surface area contributed by atoms with Gasteiger partial charge in [0.05, 0.1) is 11.7 Å². The van der Waals surface area contributed by atoms with Crippen LogP contribution in [0.15, 0.2) is 11.4 Å². The van der Waals surface area contributed by atoms with Crippen LogP contribution in [-0.4, -0.2) is 31.1 Å². The summed E-state index contributed by atoms with van der Waals surface area (Å²) in [5.74, 6) is 0.703. The molecular formula is C16H23NOS. The van der Waals surface area contributed by atoms with Gasteiger partial charge in [0, 0.05) is 23.9 Å². The van der Waals surface area contributed by atoms with Crippen LogP contribution < -0.4 is 0 Å². The summed E-state index contributed by atoms with van der Waals surface area (Å²) in [6, 6.07) is 2.36. The first-order valence-electron chi connectivity index (χ1n) is 7.73. The zero-order valence-electron chi connectivity index (χ0n) is 11.7. The molecular weight excluding hydrogens is 254 g/mol. The number of likely N-dealkylation sites (tertiary alicyclic amines) is 1. The van der Waals surface area contributed by atoms with E-state index in [1.54, 1.807) is 10.4 Å². The normalized spacial score (nSPS) is 33.9. The number of nitrogens with zero attached hydrogens (tertiary/aromatic N) is 1. The Labute approximate surface area is 119 Å². The van der Waals surface area contributed by atoms with Crippen molar-refractivity contribution in [3.63, 3.8) is 0 Å². The smallest absolute Gasteiger partial charge is 0.0970 e. The molecule has 1 aliphatic carbocycles. The quantitative estimate of drug-likeness (QED) is 0.716. The molecule has 2 unspecified atom stereocenters. The Bertz CT molecular complexity index is 461. The van der Waals surface area contributed by atoms with E-state index < -0.39 is 0 Å². The van der Waals surface area contributed by atoms with Gasteiger partial charge in [-0.1, -0.05) is 12.8 Å². The molecule has 0 N–H and O–H groups in total. The highest BCUT2D eigenvalue weighted by molar-refractivity contribution is 7.10. The van der Waals surface area contributed by atoms with Crippen LogP contribution >= 0.6 is 11.3 Å². The summed E-state index contributed by atoms with van der Waals surface area (Å²) in [7, 11) is 2.23. The zero-order valence-corrected chi connectivity index (χ0v) is 12.5. The Kier molecular flexibility index (Phi) is 2.98. The number of hydrogen-bond donors (Lipinski definition) is 0. The van der Waals surface area contributed by atoms with E-state index in [2.05, 4.69) is 23.4 Å². The maximum Gasteiger partial charge on any atom is 0.0970 e. The molecule has 2 atom stereocenters. The average Bonchev–Trinajstić information content (AvgIpc) is 2.93. The molecule has 19 heavy (non-hydrogen) atoms. The summed E-state index contributed by atoms with van der Waals surface area (Å²) in [5, 5.41) is 2.30. The third-order valence-electron chi connectivity index (χ3n) is 5.40. The fourth-order valence-electron chi connectivity index (χ4n) is 4.24. The second kappa shape index (κ2) is 4.57. The summed E-state index contributed by atoms with van der Waals surface area (Å²) in [5.41, 5.74) is 1.61. The van der Waals surface area contributed by atoms with E-state index in [0.717, 1.165) is 0 Å². The minimum Gasteiger partial charge on any atom is -0.366 e. The minimum absolute atomic E-state index is 0.0559. The van der Waals surface area contributed by atoms with Gasteiger partial charge in [0.25, 0.3) is 0 Å². The van der Waals surface area contributed by atoms with Crippen molar-refractivity contribution in [2.45, 2.75) is 56.1 Å². The van der Waals surface area contributed by atoms with E-state index in [-0.39, 0.29) is 5.60 Å². The van der Waals surface area contributed by atoms with Crippen molar-refractivity contribution >= 4 is 11.3 Å². The van der Waals surface area contributed by atoms with Crippen LogP contribution in [0, 0.1) is 0 Å². The SMILES string of the molecule is CN1CCC2(CC1)OC1CCCCC1c1sccc12. The van der Waals surface area contributed by atoms with Crippen molar-refractivity contribution in [1.82, 2.24) is 4.90 Å². The van der Waals surface area contributed by atoms with Crippen molar-refractivity contribution in [2.75, 3.05) is 20.1 Å². The molecule has 0 bridgehead atoms. The highest BCUT2D eigenvalue weighted by Crippen LogP contribution is 2.52. The lowest BCUT2D eigenvalue weighted by molar-refractivity contribution is -0.154. The van der Waals surface area contributed by atoms with Gasteiger partial charge in [-0.05, 0) is 49.7 Å². The molecule has 1 aromatic rings. The summed E-state index contributed by atoms with van der Waals surface area (Å²) in [6.45, 7) is 2.35. The lowest BCUT2D eigenvalue weighted by atomic mass is 9.74. The van der Waals surface area contributed by atoms with Crippen LogP contribution in [0.1, 0.15) is 54.9 Å². The predicted molar refractivity (Wildman–Crippen MR) is 78.8 cm³/mol. The molecule has 4 rings (SSSR count). The second-order valence-electron chi connectivity index (χ2n) is 6.54. The number of piperidine rings is 1. The largest absolute Gasteiger partial charge is 0.366 e. The van der Waals surface area contributed by atoms with E-state index in [9.17, 15) is 0 Å². The molecule has 1 spiro atoms. The Hall–Kier alpha value is -0.380. The van der Waals surface area contributed by atoms with Crippen molar-refractivity contribution in [2.24, 2.45) is 0 Å². The minimum atomic E-state index is 0.0559. The molecule has 1 saturated carbocycles. The first kappa shape index (κ1) is 12.4. The van der Waals surface area contributed by atoms with E-state index in [1.807, 2.05) is 11.3 Å².